The van der Waals surface area contributed by atoms with E-state index in [1.165, 1.54) is 0 Å². The minimum absolute atomic E-state index is 0.0412. The molecular weight excluding hydrogens is 229 g/mol. The van der Waals surface area contributed by atoms with Crippen molar-refractivity contribution < 1.29 is 4.39 Å². The molecule has 0 aromatic carbocycles. The van der Waals surface area contributed by atoms with Crippen molar-refractivity contribution in [2.75, 3.05) is 6.54 Å². The maximum Gasteiger partial charge on any atom is 0.118 e. The Morgan fingerprint density at radius 2 is 2.11 bits per heavy atom. The maximum absolute atomic E-state index is 13.8. The molecule has 0 spiro atoms. The summed E-state index contributed by atoms with van der Waals surface area (Å²) < 4.78 is 15.7. The second-order valence-electron chi connectivity index (χ2n) is 5.98. The Bertz CT molecular complexity index is 354. The minimum Gasteiger partial charge on any atom is -0.309 e. The zero-order chi connectivity index (χ0) is 13.8. The molecular formula is C14H26FN3. The van der Waals surface area contributed by atoms with Crippen LogP contribution >= 0.6 is 0 Å². The number of rotatable bonds is 6. The SMILES string of the molecule is CCC(C)n1ccc(CC(F)CNC(C)(C)C)n1. The highest BCUT2D eigenvalue weighted by atomic mass is 19.1. The molecule has 1 N–H and O–H groups in total. The molecule has 0 aliphatic heterocycles. The summed E-state index contributed by atoms with van der Waals surface area (Å²) in [6.07, 6.45) is 2.47. The average Bonchev–Trinajstić information content (AvgIpc) is 2.73. The smallest absolute Gasteiger partial charge is 0.118 e. The van der Waals surface area contributed by atoms with Gasteiger partial charge in [-0.1, -0.05) is 6.92 Å². The molecule has 1 aromatic heterocycles. The largest absolute Gasteiger partial charge is 0.309 e. The Morgan fingerprint density at radius 3 is 2.67 bits per heavy atom. The quantitative estimate of drug-likeness (QED) is 0.846. The fourth-order valence-electron chi connectivity index (χ4n) is 1.63. The highest BCUT2D eigenvalue weighted by Gasteiger charge is 2.15. The van der Waals surface area contributed by atoms with Crippen LogP contribution in [-0.2, 0) is 6.42 Å². The predicted octanol–water partition coefficient (Wildman–Crippen LogP) is 3.12. The molecule has 18 heavy (non-hydrogen) atoms. The van der Waals surface area contributed by atoms with Gasteiger partial charge in [-0.2, -0.15) is 5.10 Å². The van der Waals surface area contributed by atoms with Crippen molar-refractivity contribution in [3.05, 3.63) is 18.0 Å². The number of hydrogen-bond acceptors (Lipinski definition) is 2. The number of alkyl halides is 1. The standard InChI is InChI=1S/C14H26FN3/c1-6-11(2)18-8-7-13(17-18)9-12(15)10-16-14(3,4)5/h7-8,11-12,16H,6,9-10H2,1-5H3. The van der Waals surface area contributed by atoms with Crippen molar-refractivity contribution in [2.24, 2.45) is 0 Å². The predicted molar refractivity (Wildman–Crippen MR) is 73.6 cm³/mol. The summed E-state index contributed by atoms with van der Waals surface area (Å²) in [5, 5.41) is 7.59. The molecule has 3 nitrogen and oxygen atoms in total. The molecule has 0 saturated heterocycles. The molecule has 0 fully saturated rings. The number of hydrogen-bond donors (Lipinski definition) is 1. The van der Waals surface area contributed by atoms with Crippen LogP contribution in [0.3, 0.4) is 0 Å². The molecule has 0 saturated carbocycles. The molecule has 0 radical (unpaired) electrons. The lowest BCUT2D eigenvalue weighted by molar-refractivity contribution is 0.282. The summed E-state index contributed by atoms with van der Waals surface area (Å²) in [6.45, 7) is 10.7. The number of aromatic nitrogens is 2. The van der Waals surface area contributed by atoms with Crippen LogP contribution in [0, 0.1) is 0 Å². The summed E-state index contributed by atoms with van der Waals surface area (Å²) in [7, 11) is 0. The van der Waals surface area contributed by atoms with Crippen LogP contribution in [-0.4, -0.2) is 28.0 Å². The van der Waals surface area contributed by atoms with Gasteiger partial charge in [0.2, 0.25) is 0 Å². The first-order valence-electron chi connectivity index (χ1n) is 6.75. The summed E-state index contributed by atoms with van der Waals surface area (Å²) in [5.41, 5.74) is 0.791. The van der Waals surface area contributed by atoms with E-state index < -0.39 is 6.17 Å². The van der Waals surface area contributed by atoms with Gasteiger partial charge in [0.25, 0.3) is 0 Å². The van der Waals surface area contributed by atoms with E-state index in [9.17, 15) is 4.39 Å². The van der Waals surface area contributed by atoms with Gasteiger partial charge in [0, 0.05) is 30.7 Å². The normalized spacial score (nSPS) is 15.7. The van der Waals surface area contributed by atoms with E-state index in [0.29, 0.717) is 19.0 Å². The molecule has 1 aromatic rings. The van der Waals surface area contributed by atoms with Crippen molar-refractivity contribution in [3.63, 3.8) is 0 Å². The highest BCUT2D eigenvalue weighted by molar-refractivity contribution is 5.01. The molecule has 4 heteroatoms. The van der Waals surface area contributed by atoms with Gasteiger partial charge in [-0.3, -0.25) is 4.68 Å². The summed E-state index contributed by atoms with van der Waals surface area (Å²) in [4.78, 5) is 0. The van der Waals surface area contributed by atoms with Crippen molar-refractivity contribution in [3.8, 4) is 0 Å². The second kappa shape index (κ2) is 6.32. The van der Waals surface area contributed by atoms with E-state index in [2.05, 4.69) is 24.3 Å². The third-order valence-electron chi connectivity index (χ3n) is 2.99. The molecule has 0 bridgehead atoms. The molecule has 2 atom stereocenters. The molecule has 0 aliphatic carbocycles. The lowest BCUT2D eigenvalue weighted by Gasteiger charge is -2.21. The van der Waals surface area contributed by atoms with Gasteiger partial charge >= 0.3 is 0 Å². The first-order valence-corrected chi connectivity index (χ1v) is 6.75. The molecule has 1 rings (SSSR count). The van der Waals surface area contributed by atoms with E-state index >= 15 is 0 Å². The Labute approximate surface area is 110 Å². The van der Waals surface area contributed by atoms with E-state index in [1.54, 1.807) is 0 Å². The summed E-state index contributed by atoms with van der Waals surface area (Å²) in [5.74, 6) is 0. The third-order valence-corrected chi connectivity index (χ3v) is 2.99. The van der Waals surface area contributed by atoms with Gasteiger partial charge in [0.15, 0.2) is 0 Å². The Kier molecular flexibility index (Phi) is 5.32. The topological polar surface area (TPSA) is 29.9 Å². The van der Waals surface area contributed by atoms with Gasteiger partial charge in [-0.15, -0.1) is 0 Å². The molecule has 2 unspecified atom stereocenters. The fraction of sp³-hybridized carbons (Fsp3) is 0.786. The summed E-state index contributed by atoms with van der Waals surface area (Å²) in [6, 6.07) is 2.29. The Balaban J connectivity index is 2.44. The Morgan fingerprint density at radius 1 is 1.44 bits per heavy atom. The highest BCUT2D eigenvalue weighted by Crippen LogP contribution is 2.11. The van der Waals surface area contributed by atoms with Crippen LogP contribution in [0.5, 0.6) is 0 Å². The third kappa shape index (κ3) is 5.17. The zero-order valence-electron chi connectivity index (χ0n) is 12.2. The van der Waals surface area contributed by atoms with Gasteiger partial charge in [0.1, 0.15) is 6.17 Å². The lowest BCUT2D eigenvalue weighted by atomic mass is 10.1. The van der Waals surface area contributed by atoms with Crippen molar-refractivity contribution in [1.82, 2.24) is 15.1 Å². The van der Waals surface area contributed by atoms with Gasteiger partial charge in [0.05, 0.1) is 5.69 Å². The maximum atomic E-state index is 13.8. The van der Waals surface area contributed by atoms with Crippen molar-refractivity contribution >= 4 is 0 Å². The van der Waals surface area contributed by atoms with E-state index in [1.807, 2.05) is 37.7 Å². The number of nitrogens with zero attached hydrogens (tertiary/aromatic N) is 2. The van der Waals surface area contributed by atoms with Crippen LogP contribution in [0.2, 0.25) is 0 Å². The van der Waals surface area contributed by atoms with E-state index in [0.717, 1.165) is 12.1 Å². The van der Waals surface area contributed by atoms with Gasteiger partial charge < -0.3 is 5.32 Å². The lowest BCUT2D eigenvalue weighted by Crippen LogP contribution is -2.40. The first kappa shape index (κ1) is 15.2. The van der Waals surface area contributed by atoms with Crippen LogP contribution in [0.4, 0.5) is 4.39 Å². The zero-order valence-corrected chi connectivity index (χ0v) is 12.2. The number of nitrogens with one attached hydrogen (secondary N) is 1. The Hall–Kier alpha value is -0.900. The minimum atomic E-state index is -0.885. The molecule has 1 heterocycles. The second-order valence-corrected chi connectivity index (χ2v) is 5.98. The van der Waals surface area contributed by atoms with Crippen LogP contribution in [0.1, 0.15) is 52.8 Å². The number of halogens is 1. The van der Waals surface area contributed by atoms with Gasteiger partial charge in [-0.05, 0) is 40.2 Å². The first-order chi connectivity index (χ1) is 8.31. The fourth-order valence-corrected chi connectivity index (χ4v) is 1.63. The van der Waals surface area contributed by atoms with Crippen molar-refractivity contribution in [1.29, 1.82) is 0 Å². The molecule has 0 amide bonds. The van der Waals surface area contributed by atoms with Gasteiger partial charge in [-0.25, -0.2) is 4.39 Å². The van der Waals surface area contributed by atoms with E-state index in [-0.39, 0.29) is 5.54 Å². The monoisotopic (exact) mass is 255 g/mol. The van der Waals surface area contributed by atoms with Crippen molar-refractivity contribution in [2.45, 2.75) is 65.2 Å². The average molecular weight is 255 g/mol. The molecule has 104 valence electrons. The van der Waals surface area contributed by atoms with Crippen LogP contribution < -0.4 is 5.32 Å². The van der Waals surface area contributed by atoms with Crippen LogP contribution in [0.25, 0.3) is 0 Å². The van der Waals surface area contributed by atoms with E-state index in [4.69, 9.17) is 0 Å². The summed E-state index contributed by atoms with van der Waals surface area (Å²) >= 11 is 0. The molecule has 0 aliphatic rings. The van der Waals surface area contributed by atoms with Crippen LogP contribution in [0.15, 0.2) is 12.3 Å².